The Balaban J connectivity index is 3.08. The molecule has 1 nitrogen and oxygen atoms in total. The molecule has 1 atom stereocenters. The van der Waals surface area contributed by atoms with Gasteiger partial charge in [0.25, 0.3) is 0 Å². The molecule has 0 heterocycles. The zero-order valence-corrected chi connectivity index (χ0v) is 10.4. The van der Waals surface area contributed by atoms with E-state index in [2.05, 4.69) is 15.9 Å². The first-order chi connectivity index (χ1) is 6.56. The first-order valence-electron chi connectivity index (χ1n) is 4.23. The second-order valence-electron chi connectivity index (χ2n) is 3.30. The second kappa shape index (κ2) is 5.10. The van der Waals surface area contributed by atoms with Gasteiger partial charge >= 0.3 is 0 Å². The highest BCUT2D eigenvalue weighted by molar-refractivity contribution is 9.10. The van der Waals surface area contributed by atoms with Crippen LogP contribution >= 0.6 is 27.5 Å². The fraction of sp³-hybridized carbons (Fsp3) is 0.400. The molecule has 4 heteroatoms. The summed E-state index contributed by atoms with van der Waals surface area (Å²) in [6.45, 7) is 0. The van der Waals surface area contributed by atoms with Crippen LogP contribution in [0.25, 0.3) is 0 Å². The SMILES string of the molecule is CN(C)C(CCl)c1cc(Br)ccc1F. The van der Waals surface area contributed by atoms with Gasteiger partial charge in [-0.15, -0.1) is 11.6 Å². The smallest absolute Gasteiger partial charge is 0.128 e. The van der Waals surface area contributed by atoms with Gasteiger partial charge in [-0.3, -0.25) is 0 Å². The van der Waals surface area contributed by atoms with Crippen LogP contribution < -0.4 is 0 Å². The van der Waals surface area contributed by atoms with Gasteiger partial charge in [0.1, 0.15) is 5.82 Å². The molecule has 14 heavy (non-hydrogen) atoms. The van der Waals surface area contributed by atoms with Gasteiger partial charge in [0.2, 0.25) is 0 Å². The Morgan fingerprint density at radius 3 is 2.64 bits per heavy atom. The molecule has 0 spiro atoms. The largest absolute Gasteiger partial charge is 0.301 e. The van der Waals surface area contributed by atoms with E-state index in [0.717, 1.165) is 4.47 Å². The van der Waals surface area contributed by atoms with Crippen molar-refractivity contribution in [1.29, 1.82) is 0 Å². The molecule has 1 unspecified atom stereocenters. The Morgan fingerprint density at radius 2 is 2.14 bits per heavy atom. The van der Waals surface area contributed by atoms with Crippen LogP contribution in [0.1, 0.15) is 11.6 Å². The minimum Gasteiger partial charge on any atom is -0.301 e. The number of nitrogens with zero attached hydrogens (tertiary/aromatic N) is 1. The quantitative estimate of drug-likeness (QED) is 0.767. The highest BCUT2D eigenvalue weighted by Gasteiger charge is 2.16. The van der Waals surface area contributed by atoms with E-state index in [4.69, 9.17) is 11.6 Å². The van der Waals surface area contributed by atoms with Gasteiger partial charge in [0.05, 0.1) is 6.04 Å². The molecule has 0 amide bonds. The van der Waals surface area contributed by atoms with Crippen molar-refractivity contribution in [2.45, 2.75) is 6.04 Å². The Morgan fingerprint density at radius 1 is 1.50 bits per heavy atom. The van der Waals surface area contributed by atoms with Gasteiger partial charge in [-0.25, -0.2) is 4.39 Å². The average molecular weight is 281 g/mol. The third-order valence-corrected chi connectivity index (χ3v) is 2.87. The van der Waals surface area contributed by atoms with Gasteiger partial charge in [0, 0.05) is 15.9 Å². The van der Waals surface area contributed by atoms with Gasteiger partial charge < -0.3 is 4.90 Å². The van der Waals surface area contributed by atoms with Crippen molar-refractivity contribution >= 4 is 27.5 Å². The van der Waals surface area contributed by atoms with Crippen LogP contribution in [0.4, 0.5) is 4.39 Å². The van der Waals surface area contributed by atoms with Crippen LogP contribution in [0.15, 0.2) is 22.7 Å². The molecule has 0 aliphatic rings. The molecular formula is C10H12BrClFN. The van der Waals surface area contributed by atoms with Crippen LogP contribution in [-0.4, -0.2) is 24.9 Å². The first kappa shape index (κ1) is 12.0. The highest BCUT2D eigenvalue weighted by Crippen LogP contribution is 2.25. The molecule has 0 fully saturated rings. The van der Waals surface area contributed by atoms with E-state index in [1.807, 2.05) is 19.0 Å². The van der Waals surface area contributed by atoms with Crippen molar-refractivity contribution in [2.75, 3.05) is 20.0 Å². The van der Waals surface area contributed by atoms with E-state index in [9.17, 15) is 4.39 Å². The number of rotatable bonds is 3. The lowest BCUT2D eigenvalue weighted by atomic mass is 10.1. The Labute approximate surface area is 97.0 Å². The molecule has 1 aromatic rings. The number of hydrogen-bond donors (Lipinski definition) is 0. The zero-order chi connectivity index (χ0) is 10.7. The standard InChI is InChI=1S/C10H12BrClFN/c1-14(2)10(6-12)8-5-7(11)3-4-9(8)13/h3-5,10H,6H2,1-2H3. The zero-order valence-electron chi connectivity index (χ0n) is 8.10. The van der Waals surface area contributed by atoms with E-state index < -0.39 is 0 Å². The average Bonchev–Trinajstić information content (AvgIpc) is 2.11. The normalized spacial score (nSPS) is 13.3. The maximum Gasteiger partial charge on any atom is 0.128 e. The number of alkyl halides is 1. The molecule has 0 aromatic heterocycles. The van der Waals surface area contributed by atoms with Crippen molar-refractivity contribution in [3.63, 3.8) is 0 Å². The lowest BCUT2D eigenvalue weighted by Crippen LogP contribution is -2.22. The van der Waals surface area contributed by atoms with Crippen molar-refractivity contribution in [2.24, 2.45) is 0 Å². The van der Waals surface area contributed by atoms with E-state index in [0.29, 0.717) is 11.4 Å². The van der Waals surface area contributed by atoms with E-state index in [-0.39, 0.29) is 11.9 Å². The molecule has 0 aliphatic heterocycles. The van der Waals surface area contributed by atoms with E-state index in [1.54, 1.807) is 12.1 Å². The molecule has 0 saturated heterocycles. The lowest BCUT2D eigenvalue weighted by Gasteiger charge is -2.22. The molecule has 0 aliphatic carbocycles. The molecule has 0 radical (unpaired) electrons. The predicted molar refractivity (Wildman–Crippen MR) is 61.2 cm³/mol. The van der Waals surface area contributed by atoms with Crippen LogP contribution in [0.5, 0.6) is 0 Å². The number of halogens is 3. The van der Waals surface area contributed by atoms with Gasteiger partial charge in [0.15, 0.2) is 0 Å². The monoisotopic (exact) mass is 279 g/mol. The molecule has 0 saturated carbocycles. The lowest BCUT2D eigenvalue weighted by molar-refractivity contribution is 0.316. The minimum atomic E-state index is -0.215. The van der Waals surface area contributed by atoms with E-state index >= 15 is 0 Å². The minimum absolute atomic E-state index is 0.0887. The fourth-order valence-corrected chi connectivity index (χ4v) is 2.09. The summed E-state index contributed by atoms with van der Waals surface area (Å²) in [7, 11) is 3.76. The number of hydrogen-bond acceptors (Lipinski definition) is 1. The van der Waals surface area contributed by atoms with E-state index in [1.165, 1.54) is 6.07 Å². The van der Waals surface area contributed by atoms with Crippen molar-refractivity contribution in [3.8, 4) is 0 Å². The number of benzene rings is 1. The second-order valence-corrected chi connectivity index (χ2v) is 4.52. The van der Waals surface area contributed by atoms with Gasteiger partial charge in [-0.2, -0.15) is 0 Å². The summed E-state index contributed by atoms with van der Waals surface area (Å²) in [4.78, 5) is 1.90. The molecule has 0 N–H and O–H groups in total. The summed E-state index contributed by atoms with van der Waals surface area (Å²) in [5.74, 6) is 0.160. The Hall–Kier alpha value is -0.120. The fourth-order valence-electron chi connectivity index (χ4n) is 1.27. The van der Waals surface area contributed by atoms with Gasteiger partial charge in [-0.1, -0.05) is 15.9 Å². The topological polar surface area (TPSA) is 3.24 Å². The van der Waals surface area contributed by atoms with Crippen LogP contribution in [0.3, 0.4) is 0 Å². The van der Waals surface area contributed by atoms with Crippen molar-refractivity contribution in [1.82, 2.24) is 4.90 Å². The molecule has 1 rings (SSSR count). The summed E-state index contributed by atoms with van der Waals surface area (Å²) in [6, 6.07) is 4.80. The molecular weight excluding hydrogens is 268 g/mol. The first-order valence-corrected chi connectivity index (χ1v) is 5.56. The Kier molecular flexibility index (Phi) is 4.35. The summed E-state index contributed by atoms with van der Waals surface area (Å²) < 4.78 is 14.3. The van der Waals surface area contributed by atoms with Gasteiger partial charge in [-0.05, 0) is 32.3 Å². The predicted octanol–water partition coefficient (Wildman–Crippen LogP) is 3.43. The summed E-state index contributed by atoms with van der Waals surface area (Å²) >= 11 is 9.11. The maximum atomic E-state index is 13.5. The Bertz CT molecular complexity index is 317. The third kappa shape index (κ3) is 2.69. The van der Waals surface area contributed by atoms with Crippen LogP contribution in [0.2, 0.25) is 0 Å². The van der Waals surface area contributed by atoms with Crippen LogP contribution in [0, 0.1) is 5.82 Å². The third-order valence-electron chi connectivity index (χ3n) is 2.09. The summed E-state index contributed by atoms with van der Waals surface area (Å²) in [5.41, 5.74) is 0.624. The molecule has 0 bridgehead atoms. The summed E-state index contributed by atoms with van der Waals surface area (Å²) in [6.07, 6.45) is 0. The van der Waals surface area contributed by atoms with Crippen molar-refractivity contribution < 1.29 is 4.39 Å². The van der Waals surface area contributed by atoms with Crippen LogP contribution in [-0.2, 0) is 0 Å². The molecule has 1 aromatic carbocycles. The molecule has 78 valence electrons. The maximum absolute atomic E-state index is 13.5. The highest BCUT2D eigenvalue weighted by atomic mass is 79.9. The van der Waals surface area contributed by atoms with Crippen molar-refractivity contribution in [3.05, 3.63) is 34.1 Å². The summed E-state index contributed by atoms with van der Waals surface area (Å²) in [5, 5.41) is 0.